The van der Waals surface area contributed by atoms with Crippen LogP contribution in [-0.4, -0.2) is 53.2 Å². The molecule has 0 radical (unpaired) electrons. The van der Waals surface area contributed by atoms with Crippen LogP contribution in [0.3, 0.4) is 0 Å². The number of H-pyrrole nitrogens is 1. The predicted molar refractivity (Wildman–Crippen MR) is 147 cm³/mol. The molecule has 0 atom stereocenters. The molecule has 0 bridgehead atoms. The van der Waals surface area contributed by atoms with Gasteiger partial charge in [0.25, 0.3) is 0 Å². The summed E-state index contributed by atoms with van der Waals surface area (Å²) in [5.41, 5.74) is 10.9. The maximum Gasteiger partial charge on any atom is 0.176 e. The van der Waals surface area contributed by atoms with E-state index in [9.17, 15) is 0 Å². The second kappa shape index (κ2) is 11.7. The first-order chi connectivity index (χ1) is 17.3. The van der Waals surface area contributed by atoms with Gasteiger partial charge in [-0.05, 0) is 37.6 Å². The van der Waals surface area contributed by atoms with E-state index < -0.39 is 0 Å². The lowest BCUT2D eigenvalue weighted by Gasteiger charge is -2.21. The third-order valence-electron chi connectivity index (χ3n) is 5.57. The number of hydrogen-bond acceptors (Lipinski definition) is 7. The van der Waals surface area contributed by atoms with Gasteiger partial charge in [0.2, 0.25) is 0 Å². The Labute approximate surface area is 211 Å². The molecule has 36 heavy (non-hydrogen) atoms. The topological polar surface area (TPSA) is 122 Å². The molecule has 3 rings (SSSR count). The number of hydrogen-bond donors (Lipinski definition) is 3. The van der Waals surface area contributed by atoms with Crippen LogP contribution in [0.4, 0.5) is 11.5 Å². The zero-order chi connectivity index (χ0) is 26.2. The van der Waals surface area contributed by atoms with E-state index in [1.54, 1.807) is 26.6 Å². The van der Waals surface area contributed by atoms with Crippen molar-refractivity contribution in [2.75, 3.05) is 31.4 Å². The van der Waals surface area contributed by atoms with Crippen LogP contribution in [0.15, 0.2) is 88.1 Å². The van der Waals surface area contributed by atoms with Crippen LogP contribution < -0.4 is 16.0 Å². The van der Waals surface area contributed by atoms with Gasteiger partial charge >= 0.3 is 0 Å². The number of nitrogens with one attached hydrogen (secondary N) is 2. The van der Waals surface area contributed by atoms with Gasteiger partial charge in [0, 0.05) is 68.3 Å². The molecular weight excluding hydrogens is 454 g/mol. The Morgan fingerprint density at radius 1 is 1.28 bits per heavy atom. The zero-order valence-electron chi connectivity index (χ0n) is 21.6. The molecule has 0 spiro atoms. The van der Waals surface area contributed by atoms with Crippen molar-refractivity contribution in [3.8, 4) is 11.3 Å². The van der Waals surface area contributed by atoms with Gasteiger partial charge in [-0.2, -0.15) is 10.2 Å². The highest BCUT2D eigenvalue weighted by atomic mass is 16.5. The highest BCUT2D eigenvalue weighted by Gasteiger charge is 2.17. The van der Waals surface area contributed by atoms with Gasteiger partial charge in [0.05, 0.1) is 12.8 Å². The van der Waals surface area contributed by atoms with Crippen molar-refractivity contribution in [1.82, 2.24) is 20.0 Å². The molecule has 2 aromatic heterocycles. The van der Waals surface area contributed by atoms with E-state index in [1.807, 2.05) is 61.8 Å². The number of nitrogens with zero attached hydrogens (tertiary/aromatic N) is 6. The van der Waals surface area contributed by atoms with Gasteiger partial charge in [-0.1, -0.05) is 18.7 Å². The van der Waals surface area contributed by atoms with Gasteiger partial charge in [-0.3, -0.25) is 14.8 Å². The van der Waals surface area contributed by atoms with Crippen LogP contribution in [0.2, 0.25) is 0 Å². The molecule has 3 aromatic rings. The van der Waals surface area contributed by atoms with Gasteiger partial charge in [0.1, 0.15) is 5.84 Å². The number of nitrogens with two attached hydrogens (primary N) is 1. The molecular formula is C26H33N9O. The van der Waals surface area contributed by atoms with Crippen LogP contribution in [0.1, 0.15) is 12.6 Å². The Bertz CT molecular complexity index is 1320. The summed E-state index contributed by atoms with van der Waals surface area (Å²) in [6.07, 6.45) is 4.83. The molecule has 10 nitrogen and oxygen atoms in total. The summed E-state index contributed by atoms with van der Waals surface area (Å²) in [5.74, 6) is 2.13. The number of methoxy groups -OCH3 is 1. The minimum absolute atomic E-state index is 0.409. The molecule has 0 saturated carbocycles. The molecule has 0 aliphatic heterocycles. The van der Waals surface area contributed by atoms with Crippen LogP contribution in [0.25, 0.3) is 11.3 Å². The minimum Gasteiger partial charge on any atom is -0.492 e. The van der Waals surface area contributed by atoms with Crippen molar-refractivity contribution in [2.24, 2.45) is 22.8 Å². The maximum absolute atomic E-state index is 5.81. The van der Waals surface area contributed by atoms with Crippen LogP contribution >= 0.6 is 0 Å². The highest BCUT2D eigenvalue weighted by molar-refractivity contribution is 5.96. The monoisotopic (exact) mass is 487 g/mol. The van der Waals surface area contributed by atoms with Crippen LogP contribution in [-0.2, 0) is 11.8 Å². The molecule has 2 heterocycles. The van der Waals surface area contributed by atoms with E-state index in [4.69, 9.17) is 15.5 Å². The Balaban J connectivity index is 1.99. The van der Waals surface area contributed by atoms with E-state index in [0.29, 0.717) is 34.4 Å². The first-order valence-electron chi connectivity index (χ1n) is 11.3. The van der Waals surface area contributed by atoms with E-state index in [2.05, 4.69) is 44.3 Å². The smallest absolute Gasteiger partial charge is 0.176 e. The second-order valence-corrected chi connectivity index (χ2v) is 8.04. The first kappa shape index (κ1) is 26.0. The zero-order valence-corrected chi connectivity index (χ0v) is 21.6. The summed E-state index contributed by atoms with van der Waals surface area (Å²) in [5, 5.41) is 14.7. The molecule has 0 fully saturated rings. The summed E-state index contributed by atoms with van der Waals surface area (Å²) >= 11 is 0. The molecule has 188 valence electrons. The molecule has 1 aromatic carbocycles. The van der Waals surface area contributed by atoms with Crippen molar-refractivity contribution in [3.05, 3.63) is 83.8 Å². The summed E-state index contributed by atoms with van der Waals surface area (Å²) in [6.45, 7) is 7.99. The number of aromatic amines is 1. The van der Waals surface area contributed by atoms with Gasteiger partial charge < -0.3 is 20.7 Å². The number of allylic oxidation sites excluding steroid dienone is 1. The van der Waals surface area contributed by atoms with E-state index in [-0.39, 0.29) is 0 Å². The highest BCUT2D eigenvalue weighted by Crippen LogP contribution is 2.25. The Kier molecular flexibility index (Phi) is 8.45. The average molecular weight is 488 g/mol. The molecule has 0 unspecified atom stereocenters. The molecule has 0 aliphatic rings. The van der Waals surface area contributed by atoms with E-state index >= 15 is 0 Å². The third kappa shape index (κ3) is 5.90. The summed E-state index contributed by atoms with van der Waals surface area (Å²) in [6, 6.07) is 12.0. The number of ether oxygens (including phenoxy) is 1. The fourth-order valence-corrected chi connectivity index (χ4v) is 3.53. The van der Waals surface area contributed by atoms with Crippen molar-refractivity contribution in [1.29, 1.82) is 0 Å². The molecule has 10 heteroatoms. The fraction of sp³-hybridized carbons (Fsp3) is 0.231. The SMILES string of the molecule is C=C(/C(C=NC)=C/N)/C(OC)=C(\N=C(/C)N(C)c1ccc(-c2ccnn2C)cc1)Nc1cc(C)[nH]n1. The Morgan fingerprint density at radius 2 is 2.00 bits per heavy atom. The number of aryl methyl sites for hydroxylation is 2. The normalized spacial score (nSPS) is 13.1. The predicted octanol–water partition coefficient (Wildman–Crippen LogP) is 4.00. The summed E-state index contributed by atoms with van der Waals surface area (Å²) < 4.78 is 7.57. The Morgan fingerprint density at radius 3 is 2.53 bits per heavy atom. The fourth-order valence-electron chi connectivity index (χ4n) is 3.53. The standard InChI is InChI=1S/C26H33N9O/c1-17-14-24(33-32-17)31-26(25(36-7)18(2)21(15-27)16-28-4)30-19(3)34(5)22-10-8-20(9-11-22)23-12-13-29-35(23)6/h8-16H,2,27H2,1,3-7H3,(H2,31,32,33)/b21-15+,26-25-,28-16?,30-19+. The maximum atomic E-state index is 5.81. The number of aliphatic imine (C=N–C) groups is 2. The largest absolute Gasteiger partial charge is 0.492 e. The summed E-state index contributed by atoms with van der Waals surface area (Å²) in [7, 11) is 7.09. The van der Waals surface area contributed by atoms with E-state index in [1.165, 1.54) is 6.20 Å². The second-order valence-electron chi connectivity index (χ2n) is 8.04. The molecule has 0 saturated heterocycles. The number of amidine groups is 1. The number of anilines is 2. The van der Waals surface area contributed by atoms with Gasteiger partial charge in [-0.25, -0.2) is 4.99 Å². The molecule has 0 aliphatic carbocycles. The summed E-state index contributed by atoms with van der Waals surface area (Å²) in [4.78, 5) is 10.9. The van der Waals surface area contributed by atoms with Gasteiger partial charge in [0.15, 0.2) is 17.4 Å². The quantitative estimate of drug-likeness (QED) is 0.182. The van der Waals surface area contributed by atoms with E-state index in [0.717, 1.165) is 22.6 Å². The van der Waals surface area contributed by atoms with Crippen LogP contribution in [0.5, 0.6) is 0 Å². The lowest BCUT2D eigenvalue weighted by atomic mass is 10.1. The van der Waals surface area contributed by atoms with Crippen molar-refractivity contribution in [2.45, 2.75) is 13.8 Å². The number of benzene rings is 1. The molecule has 0 amide bonds. The van der Waals surface area contributed by atoms with Crippen molar-refractivity contribution in [3.63, 3.8) is 0 Å². The van der Waals surface area contributed by atoms with Crippen molar-refractivity contribution < 1.29 is 4.74 Å². The molecule has 4 N–H and O–H groups in total. The number of aromatic nitrogens is 4. The third-order valence-corrected chi connectivity index (χ3v) is 5.57. The average Bonchev–Trinajstić information content (AvgIpc) is 3.49. The minimum atomic E-state index is 0.409. The first-order valence-corrected chi connectivity index (χ1v) is 11.3. The van der Waals surface area contributed by atoms with Crippen molar-refractivity contribution >= 4 is 23.6 Å². The number of rotatable bonds is 9. The lowest BCUT2D eigenvalue weighted by molar-refractivity contribution is 0.298. The van der Waals surface area contributed by atoms with Crippen LogP contribution in [0, 0.1) is 6.92 Å². The van der Waals surface area contributed by atoms with Gasteiger partial charge in [-0.15, -0.1) is 0 Å². The Hall–Kier alpha value is -4.60. The lowest BCUT2D eigenvalue weighted by Crippen LogP contribution is -2.24.